The van der Waals surface area contributed by atoms with Crippen LogP contribution >= 0.6 is 11.6 Å². The Morgan fingerprint density at radius 1 is 1.38 bits per heavy atom. The Hall–Kier alpha value is -2.32. The number of nitrogens with two attached hydrogens (primary N) is 1. The number of nitrogens with zero attached hydrogens (tertiary/aromatic N) is 3. The number of benzene rings is 1. The Morgan fingerprint density at radius 3 is 2.62 bits per heavy atom. The zero-order valence-corrected chi connectivity index (χ0v) is 15.6. The summed E-state index contributed by atoms with van der Waals surface area (Å²) < 4.78 is 16.6. The molecular formula is C17H21ClFN5O2. The normalized spacial score (nSPS) is 18.5. The van der Waals surface area contributed by atoms with Crippen LogP contribution in [0.25, 0.3) is 11.0 Å². The highest BCUT2D eigenvalue weighted by atomic mass is 35.5. The second kappa shape index (κ2) is 6.14. The predicted molar refractivity (Wildman–Crippen MR) is 98.3 cm³/mol. The molecule has 5 N–H and O–H groups in total. The molecule has 0 bridgehead atoms. The number of aliphatic imine (C=N–C) groups is 1. The van der Waals surface area contributed by atoms with Crippen LogP contribution in [-0.4, -0.2) is 25.7 Å². The Bertz CT molecular complexity index is 943. The van der Waals surface area contributed by atoms with Crippen molar-refractivity contribution < 1.29 is 14.6 Å². The number of aliphatic hydroxyl groups is 2. The number of nitrogens with one attached hydrogen (secondary N) is 1. The lowest BCUT2D eigenvalue weighted by Gasteiger charge is -2.22. The standard InChI is InChI=1S/C17H21ClFN5O2/c1-7(2)24-10-6-8(12-11(18)14(25)23-16(20)22-12)5-9(19)13(10)21-15(24)17(3,4)26/h5-7,12,25-26H,1-4H3,(H3,20,22,23). The van der Waals surface area contributed by atoms with Gasteiger partial charge >= 0.3 is 0 Å². The smallest absolute Gasteiger partial charge is 0.208 e. The molecule has 2 heterocycles. The molecule has 1 aromatic carbocycles. The van der Waals surface area contributed by atoms with Crippen LogP contribution < -0.4 is 11.1 Å². The van der Waals surface area contributed by atoms with Crippen molar-refractivity contribution in [2.75, 3.05) is 0 Å². The van der Waals surface area contributed by atoms with E-state index in [4.69, 9.17) is 17.3 Å². The molecule has 0 saturated carbocycles. The summed E-state index contributed by atoms with van der Waals surface area (Å²) in [6, 6.07) is 2.05. The van der Waals surface area contributed by atoms with Gasteiger partial charge in [0.05, 0.1) is 5.52 Å². The average Bonchev–Trinajstić information content (AvgIpc) is 2.91. The van der Waals surface area contributed by atoms with Crippen LogP contribution in [0.2, 0.25) is 0 Å². The molecule has 0 amide bonds. The highest BCUT2D eigenvalue weighted by Gasteiger charge is 2.30. The number of hydrogen-bond acceptors (Lipinski definition) is 6. The third-order valence-electron chi connectivity index (χ3n) is 4.13. The van der Waals surface area contributed by atoms with E-state index in [0.29, 0.717) is 16.9 Å². The summed E-state index contributed by atoms with van der Waals surface area (Å²) in [5.74, 6) is -0.554. The van der Waals surface area contributed by atoms with Crippen molar-refractivity contribution in [2.24, 2.45) is 10.7 Å². The maximum Gasteiger partial charge on any atom is 0.208 e. The Balaban J connectivity index is 2.28. The zero-order chi connectivity index (χ0) is 19.4. The quantitative estimate of drug-likeness (QED) is 0.653. The number of guanidine groups is 1. The Morgan fingerprint density at radius 2 is 2.04 bits per heavy atom. The van der Waals surface area contributed by atoms with Crippen LogP contribution in [0.3, 0.4) is 0 Å². The van der Waals surface area contributed by atoms with Crippen molar-refractivity contribution in [3.8, 4) is 0 Å². The van der Waals surface area contributed by atoms with Gasteiger partial charge in [-0.15, -0.1) is 0 Å². The maximum absolute atomic E-state index is 14.8. The van der Waals surface area contributed by atoms with Gasteiger partial charge in [-0.25, -0.2) is 14.4 Å². The molecule has 1 aliphatic rings. The molecule has 1 aliphatic heterocycles. The van der Waals surface area contributed by atoms with Gasteiger partial charge in [0.2, 0.25) is 5.88 Å². The van der Waals surface area contributed by atoms with E-state index in [0.717, 1.165) is 0 Å². The molecule has 1 atom stereocenters. The lowest BCUT2D eigenvalue weighted by Crippen LogP contribution is -2.35. The molecule has 140 valence electrons. The third kappa shape index (κ3) is 2.99. The van der Waals surface area contributed by atoms with E-state index in [1.807, 2.05) is 13.8 Å². The highest BCUT2D eigenvalue weighted by Crippen LogP contribution is 2.36. The molecule has 0 saturated heterocycles. The lowest BCUT2D eigenvalue weighted by atomic mass is 10.0. The number of rotatable bonds is 3. The summed E-state index contributed by atoms with van der Waals surface area (Å²) >= 11 is 6.14. The van der Waals surface area contributed by atoms with Gasteiger partial charge in [0, 0.05) is 6.04 Å². The first kappa shape index (κ1) is 18.5. The first-order chi connectivity index (χ1) is 12.0. The third-order valence-corrected chi connectivity index (χ3v) is 4.52. The minimum atomic E-state index is -1.25. The van der Waals surface area contributed by atoms with E-state index in [1.165, 1.54) is 6.07 Å². The predicted octanol–water partition coefficient (Wildman–Crippen LogP) is 2.91. The Kier molecular flexibility index (Phi) is 4.36. The van der Waals surface area contributed by atoms with Gasteiger partial charge < -0.3 is 20.5 Å². The fourth-order valence-electron chi connectivity index (χ4n) is 3.04. The zero-order valence-electron chi connectivity index (χ0n) is 14.9. The molecular weight excluding hydrogens is 361 g/mol. The van der Waals surface area contributed by atoms with E-state index in [-0.39, 0.29) is 28.4 Å². The summed E-state index contributed by atoms with van der Waals surface area (Å²) in [5.41, 5.74) is 5.47. The summed E-state index contributed by atoms with van der Waals surface area (Å²) in [6.07, 6.45) is 0. The molecule has 7 nitrogen and oxygen atoms in total. The van der Waals surface area contributed by atoms with Crippen molar-refractivity contribution in [2.45, 2.75) is 45.4 Å². The minimum Gasteiger partial charge on any atom is -0.494 e. The maximum atomic E-state index is 14.8. The van der Waals surface area contributed by atoms with Crippen molar-refractivity contribution in [3.05, 3.63) is 40.3 Å². The minimum absolute atomic E-state index is 0.0104. The van der Waals surface area contributed by atoms with Gasteiger partial charge in [-0.1, -0.05) is 11.6 Å². The largest absolute Gasteiger partial charge is 0.494 e. The number of aromatic nitrogens is 2. The molecule has 9 heteroatoms. The summed E-state index contributed by atoms with van der Waals surface area (Å²) in [6.45, 7) is 7.03. The van der Waals surface area contributed by atoms with Crippen LogP contribution in [0.5, 0.6) is 0 Å². The second-order valence-electron chi connectivity index (χ2n) is 7.07. The summed E-state index contributed by atoms with van der Waals surface area (Å²) in [4.78, 5) is 8.46. The van der Waals surface area contributed by atoms with Gasteiger partial charge in [0.15, 0.2) is 11.8 Å². The number of halogens is 2. The fourth-order valence-corrected chi connectivity index (χ4v) is 3.27. The molecule has 2 aromatic rings. The van der Waals surface area contributed by atoms with Crippen molar-refractivity contribution >= 4 is 28.6 Å². The van der Waals surface area contributed by atoms with Gasteiger partial charge in [0.1, 0.15) is 28.0 Å². The lowest BCUT2D eigenvalue weighted by molar-refractivity contribution is 0.0641. The molecule has 26 heavy (non-hydrogen) atoms. The van der Waals surface area contributed by atoms with E-state index in [2.05, 4.69) is 15.3 Å². The van der Waals surface area contributed by atoms with Crippen molar-refractivity contribution in [1.82, 2.24) is 14.9 Å². The number of aliphatic hydroxyl groups excluding tert-OH is 1. The van der Waals surface area contributed by atoms with E-state index in [9.17, 15) is 14.6 Å². The topological polar surface area (TPSA) is 109 Å². The van der Waals surface area contributed by atoms with Gasteiger partial charge in [-0.05, 0) is 45.4 Å². The molecule has 1 aromatic heterocycles. The van der Waals surface area contributed by atoms with Gasteiger partial charge in [0.25, 0.3) is 0 Å². The number of hydrogen-bond donors (Lipinski definition) is 4. The van der Waals surface area contributed by atoms with Crippen LogP contribution in [0.4, 0.5) is 4.39 Å². The monoisotopic (exact) mass is 381 g/mol. The van der Waals surface area contributed by atoms with Gasteiger partial charge in [-0.3, -0.25) is 5.32 Å². The molecule has 0 fully saturated rings. The molecule has 0 aliphatic carbocycles. The van der Waals surface area contributed by atoms with Crippen LogP contribution in [0.1, 0.15) is 51.2 Å². The molecule has 1 unspecified atom stereocenters. The molecule has 0 spiro atoms. The van der Waals surface area contributed by atoms with Crippen LogP contribution in [-0.2, 0) is 5.60 Å². The summed E-state index contributed by atoms with van der Waals surface area (Å²) in [7, 11) is 0. The second-order valence-corrected chi connectivity index (χ2v) is 7.47. The Labute approximate surface area is 155 Å². The van der Waals surface area contributed by atoms with E-state index < -0.39 is 17.5 Å². The first-order valence-corrected chi connectivity index (χ1v) is 8.51. The van der Waals surface area contributed by atoms with E-state index >= 15 is 0 Å². The first-order valence-electron chi connectivity index (χ1n) is 8.14. The molecule has 0 radical (unpaired) electrons. The average molecular weight is 382 g/mol. The van der Waals surface area contributed by atoms with Crippen molar-refractivity contribution in [3.63, 3.8) is 0 Å². The fraction of sp³-hybridized carbons (Fsp3) is 0.412. The molecule has 3 rings (SSSR count). The number of imidazole rings is 1. The van der Waals surface area contributed by atoms with Gasteiger partial charge in [-0.2, -0.15) is 0 Å². The summed E-state index contributed by atoms with van der Waals surface area (Å²) in [5, 5.41) is 22.7. The highest BCUT2D eigenvalue weighted by molar-refractivity contribution is 6.31. The van der Waals surface area contributed by atoms with Crippen LogP contribution in [0, 0.1) is 5.82 Å². The SMILES string of the molecule is CC(C)n1c(C(C)(C)O)nc2c(F)cc(C3N=C(N)NC(O)=C3Cl)cc21. The van der Waals surface area contributed by atoms with Crippen LogP contribution in [0.15, 0.2) is 28.0 Å². The van der Waals surface area contributed by atoms with Crippen molar-refractivity contribution in [1.29, 1.82) is 0 Å². The number of fused-ring (bicyclic) bond motifs is 1. The van der Waals surface area contributed by atoms with E-state index in [1.54, 1.807) is 24.5 Å².